The van der Waals surface area contributed by atoms with Crippen LogP contribution in [0.3, 0.4) is 0 Å². The average molecular weight is 423 g/mol. The summed E-state index contributed by atoms with van der Waals surface area (Å²) in [6, 6.07) is 9.18. The summed E-state index contributed by atoms with van der Waals surface area (Å²) >= 11 is 0. The Morgan fingerprint density at radius 2 is 1.32 bits per heavy atom. The highest BCUT2D eigenvalue weighted by Gasteiger charge is 2.42. The summed E-state index contributed by atoms with van der Waals surface area (Å²) in [5.74, 6) is -2.14. The Morgan fingerprint density at radius 1 is 0.839 bits per heavy atom. The maximum Gasteiger partial charge on any atom is 0.262 e. The zero-order valence-corrected chi connectivity index (χ0v) is 16.8. The summed E-state index contributed by atoms with van der Waals surface area (Å²) in [6.45, 7) is 2.49. The van der Waals surface area contributed by atoms with Crippen molar-refractivity contribution in [3.63, 3.8) is 0 Å². The summed E-state index contributed by atoms with van der Waals surface area (Å²) in [6.07, 6.45) is 0. The van der Waals surface area contributed by atoms with Gasteiger partial charge in [-0.25, -0.2) is 0 Å². The van der Waals surface area contributed by atoms with E-state index in [1.54, 1.807) is 24.3 Å². The van der Waals surface area contributed by atoms with Crippen molar-refractivity contribution in [2.24, 2.45) is 0 Å². The highest BCUT2D eigenvalue weighted by Crippen LogP contribution is 2.26. The number of amides is 4. The summed E-state index contributed by atoms with van der Waals surface area (Å²) in [4.78, 5) is 54.9. The third-order valence-corrected chi connectivity index (χ3v) is 5.60. The van der Waals surface area contributed by atoms with Gasteiger partial charge in [-0.3, -0.25) is 24.1 Å². The van der Waals surface area contributed by atoms with Crippen molar-refractivity contribution in [2.75, 3.05) is 26.2 Å². The van der Waals surface area contributed by atoms with E-state index < -0.39 is 17.9 Å². The number of hydrogen-bond donors (Lipinski definition) is 2. The normalized spacial score (nSPS) is 17.0. The molecule has 1 unspecified atom stereocenters. The van der Waals surface area contributed by atoms with Gasteiger partial charge in [0.05, 0.1) is 11.1 Å². The first-order chi connectivity index (χ1) is 14.8. The first kappa shape index (κ1) is 20.4. The summed E-state index contributed by atoms with van der Waals surface area (Å²) in [7, 11) is 0. The van der Waals surface area contributed by atoms with E-state index in [4.69, 9.17) is 0 Å². The van der Waals surface area contributed by atoms with Crippen LogP contribution in [0.4, 0.5) is 0 Å². The van der Waals surface area contributed by atoms with Gasteiger partial charge in [-0.15, -0.1) is 0 Å². The van der Waals surface area contributed by atoms with Gasteiger partial charge in [-0.1, -0.05) is 12.1 Å². The monoisotopic (exact) mass is 423 g/mol. The number of piperazine rings is 1. The molecule has 160 valence electrons. The van der Waals surface area contributed by atoms with Crippen LogP contribution >= 0.6 is 0 Å². The number of phenolic OH excluding ortho intramolecular Hbond substituents is 2. The number of carbonyl (C=O) groups is 4. The van der Waals surface area contributed by atoms with Crippen molar-refractivity contribution >= 4 is 23.6 Å². The number of phenols is 2. The molecule has 0 radical (unpaired) electrons. The largest absolute Gasteiger partial charge is 0.508 e. The molecule has 0 aliphatic carbocycles. The first-order valence-corrected chi connectivity index (χ1v) is 9.86. The quantitative estimate of drug-likeness (QED) is 0.713. The summed E-state index contributed by atoms with van der Waals surface area (Å²) in [5, 5.41) is 19.2. The zero-order chi connectivity index (χ0) is 22.3. The lowest BCUT2D eigenvalue weighted by atomic mass is 10.1. The molecule has 9 nitrogen and oxygen atoms in total. The van der Waals surface area contributed by atoms with E-state index in [-0.39, 0.29) is 66.2 Å². The van der Waals surface area contributed by atoms with Crippen LogP contribution in [-0.2, 0) is 4.79 Å². The fraction of sp³-hybridized carbons (Fsp3) is 0.273. The van der Waals surface area contributed by atoms with Gasteiger partial charge in [0.1, 0.15) is 17.5 Å². The molecule has 4 amide bonds. The predicted octanol–water partition coefficient (Wildman–Crippen LogP) is 1.07. The van der Waals surface area contributed by atoms with Crippen LogP contribution in [0.15, 0.2) is 42.5 Å². The number of carbonyl (C=O) groups excluding carboxylic acids is 4. The van der Waals surface area contributed by atoms with E-state index in [0.29, 0.717) is 0 Å². The van der Waals surface area contributed by atoms with Crippen molar-refractivity contribution < 1.29 is 29.4 Å². The van der Waals surface area contributed by atoms with E-state index in [2.05, 4.69) is 0 Å². The molecule has 0 saturated carbocycles. The van der Waals surface area contributed by atoms with Gasteiger partial charge in [-0.05, 0) is 31.2 Å². The van der Waals surface area contributed by atoms with Crippen LogP contribution in [0.5, 0.6) is 11.5 Å². The number of imide groups is 1. The molecule has 2 N–H and O–H groups in total. The van der Waals surface area contributed by atoms with Gasteiger partial charge < -0.3 is 20.0 Å². The molecule has 31 heavy (non-hydrogen) atoms. The highest BCUT2D eigenvalue weighted by atomic mass is 16.3. The average Bonchev–Trinajstić information content (AvgIpc) is 3.02. The molecule has 1 atom stereocenters. The second kappa shape index (κ2) is 7.75. The fourth-order valence-corrected chi connectivity index (χ4v) is 3.97. The van der Waals surface area contributed by atoms with Crippen LogP contribution in [0.25, 0.3) is 0 Å². The summed E-state index contributed by atoms with van der Waals surface area (Å²) in [5.41, 5.74) is 0.727. The third kappa shape index (κ3) is 3.58. The molecule has 2 aromatic carbocycles. The Balaban J connectivity index is 1.41. The minimum atomic E-state index is -0.960. The SMILES string of the molecule is CC(C(=O)N1CCN(C(=O)c2cc(O)cc(O)c2)CC1)N1C(=O)c2ccccc2C1=O. The summed E-state index contributed by atoms with van der Waals surface area (Å²) < 4.78 is 0. The predicted molar refractivity (Wildman–Crippen MR) is 109 cm³/mol. The van der Waals surface area contributed by atoms with E-state index in [9.17, 15) is 29.4 Å². The second-order valence-electron chi connectivity index (χ2n) is 7.56. The number of hydrogen-bond acceptors (Lipinski definition) is 6. The molecule has 4 rings (SSSR count). The molecule has 2 aliphatic rings. The molecule has 1 saturated heterocycles. The maximum absolute atomic E-state index is 13.0. The Bertz CT molecular complexity index is 1040. The van der Waals surface area contributed by atoms with Gasteiger partial charge in [0.2, 0.25) is 5.91 Å². The number of nitrogens with zero attached hydrogens (tertiary/aromatic N) is 3. The lowest BCUT2D eigenvalue weighted by Crippen LogP contribution is -2.56. The van der Waals surface area contributed by atoms with E-state index in [1.165, 1.54) is 28.9 Å². The van der Waals surface area contributed by atoms with Crippen molar-refractivity contribution in [3.8, 4) is 11.5 Å². The van der Waals surface area contributed by atoms with E-state index >= 15 is 0 Å². The minimum Gasteiger partial charge on any atom is -0.508 e. The van der Waals surface area contributed by atoms with Gasteiger partial charge in [0.25, 0.3) is 17.7 Å². The van der Waals surface area contributed by atoms with Gasteiger partial charge in [-0.2, -0.15) is 0 Å². The minimum absolute atomic E-state index is 0.150. The highest BCUT2D eigenvalue weighted by molar-refractivity contribution is 6.22. The molecular weight excluding hydrogens is 402 g/mol. The Morgan fingerprint density at radius 3 is 1.84 bits per heavy atom. The molecule has 1 fully saturated rings. The Hall–Kier alpha value is -3.88. The van der Waals surface area contributed by atoms with Crippen LogP contribution < -0.4 is 0 Å². The van der Waals surface area contributed by atoms with Gasteiger partial charge >= 0.3 is 0 Å². The van der Waals surface area contributed by atoms with Crippen LogP contribution in [0.1, 0.15) is 38.0 Å². The Labute approximate surface area is 178 Å². The Kier molecular flexibility index (Phi) is 5.10. The van der Waals surface area contributed by atoms with E-state index in [0.717, 1.165) is 11.0 Å². The van der Waals surface area contributed by atoms with Gasteiger partial charge in [0, 0.05) is 37.8 Å². The van der Waals surface area contributed by atoms with Crippen molar-refractivity contribution in [2.45, 2.75) is 13.0 Å². The van der Waals surface area contributed by atoms with Crippen LogP contribution in [0.2, 0.25) is 0 Å². The number of benzene rings is 2. The maximum atomic E-state index is 13.0. The molecule has 0 bridgehead atoms. The standard InChI is InChI=1S/C22H21N3O6/c1-13(25-21(30)17-4-2-3-5-18(17)22(25)31)19(28)23-6-8-24(9-7-23)20(29)14-10-15(26)12-16(27)11-14/h2-5,10-13,26-27H,6-9H2,1H3. The first-order valence-electron chi connectivity index (χ1n) is 9.86. The molecular formula is C22H21N3O6. The second-order valence-corrected chi connectivity index (χ2v) is 7.56. The van der Waals surface area contributed by atoms with Crippen LogP contribution in [-0.4, -0.2) is 80.8 Å². The van der Waals surface area contributed by atoms with Crippen molar-refractivity contribution in [1.82, 2.24) is 14.7 Å². The number of rotatable bonds is 3. The molecule has 0 aromatic heterocycles. The van der Waals surface area contributed by atoms with Gasteiger partial charge in [0.15, 0.2) is 0 Å². The smallest absolute Gasteiger partial charge is 0.262 e. The molecule has 9 heteroatoms. The molecule has 2 aromatic rings. The molecule has 2 aliphatic heterocycles. The number of fused-ring (bicyclic) bond motifs is 1. The van der Waals surface area contributed by atoms with Crippen molar-refractivity contribution in [3.05, 3.63) is 59.2 Å². The fourth-order valence-electron chi connectivity index (χ4n) is 3.97. The lowest BCUT2D eigenvalue weighted by Gasteiger charge is -2.37. The van der Waals surface area contributed by atoms with E-state index in [1.807, 2.05) is 0 Å². The molecule has 2 heterocycles. The molecule has 0 spiro atoms. The third-order valence-electron chi connectivity index (χ3n) is 5.60. The van der Waals surface area contributed by atoms with Crippen molar-refractivity contribution in [1.29, 1.82) is 0 Å². The number of aromatic hydroxyl groups is 2. The van der Waals surface area contributed by atoms with Crippen LogP contribution in [0, 0.1) is 0 Å². The topological polar surface area (TPSA) is 118 Å². The zero-order valence-electron chi connectivity index (χ0n) is 16.8. The lowest BCUT2D eigenvalue weighted by molar-refractivity contribution is -0.136.